The molecule has 4 aromatic rings. The second-order valence-corrected chi connectivity index (χ2v) is 8.38. The Morgan fingerprint density at radius 2 is 1.50 bits per heavy atom. The summed E-state index contributed by atoms with van der Waals surface area (Å²) in [5, 5.41) is 6.28. The highest BCUT2D eigenvalue weighted by atomic mass is 32.2. The molecular weight excluding hydrogens is 440 g/mol. The van der Waals surface area contributed by atoms with E-state index in [9.17, 15) is 21.4 Å². The van der Waals surface area contributed by atoms with Gasteiger partial charge in [0.05, 0.1) is 0 Å². The lowest BCUT2D eigenvalue weighted by molar-refractivity contribution is 0.401. The summed E-state index contributed by atoms with van der Waals surface area (Å²) in [5.74, 6) is -0.289. The zero-order valence-corrected chi connectivity index (χ0v) is 16.2. The Morgan fingerprint density at radius 1 is 0.833 bits per heavy atom. The molecule has 0 aliphatic heterocycles. The van der Waals surface area contributed by atoms with Crippen molar-refractivity contribution in [3.63, 3.8) is 0 Å². The Bertz CT molecular complexity index is 1440. The Kier molecular flexibility index (Phi) is 4.70. The van der Waals surface area contributed by atoms with Crippen molar-refractivity contribution >= 4 is 20.2 Å². The Balaban J connectivity index is 1.92. The topological polar surface area (TPSA) is 189 Å². The van der Waals surface area contributed by atoms with Gasteiger partial charge in [0.15, 0.2) is 27.3 Å². The van der Waals surface area contributed by atoms with Gasteiger partial charge in [-0.05, 0) is 36.4 Å². The molecule has 14 heteroatoms. The van der Waals surface area contributed by atoms with Crippen LogP contribution in [0.15, 0.2) is 67.7 Å². The number of rotatable bonds is 5. The highest BCUT2D eigenvalue weighted by molar-refractivity contribution is 7.85. The quantitative estimate of drug-likeness (QED) is 0.434. The van der Waals surface area contributed by atoms with Crippen LogP contribution in [0.5, 0.6) is 0 Å². The lowest BCUT2D eigenvalue weighted by Gasteiger charge is -2.06. The van der Waals surface area contributed by atoms with Crippen LogP contribution in [0, 0.1) is 0 Å². The first-order valence-corrected chi connectivity index (χ1v) is 10.8. The predicted octanol–water partition coefficient (Wildman–Crippen LogP) is 1.60. The van der Waals surface area contributed by atoms with Crippen LogP contribution < -0.4 is 0 Å². The average Bonchev–Trinajstić information content (AvgIpc) is 3.37. The van der Waals surface area contributed by atoms with E-state index in [4.69, 9.17) is 13.4 Å². The van der Waals surface area contributed by atoms with Gasteiger partial charge in [0.1, 0.15) is 11.4 Å². The molecule has 0 atom stereocenters. The zero-order chi connectivity index (χ0) is 21.5. The van der Waals surface area contributed by atoms with Gasteiger partial charge < -0.3 is 13.4 Å². The number of furan rings is 2. The fourth-order valence-electron chi connectivity index (χ4n) is 2.44. The van der Waals surface area contributed by atoms with Gasteiger partial charge in [0, 0.05) is 6.20 Å². The summed E-state index contributed by atoms with van der Waals surface area (Å²) >= 11 is 0. The normalized spacial score (nSPS) is 12.2. The van der Waals surface area contributed by atoms with Crippen molar-refractivity contribution < 1.29 is 34.8 Å². The van der Waals surface area contributed by atoms with Crippen molar-refractivity contribution in [2.45, 2.75) is 10.2 Å². The van der Waals surface area contributed by atoms with Gasteiger partial charge in [-0.3, -0.25) is 9.54 Å². The smallest absolute Gasteiger partial charge is 0.328 e. The van der Waals surface area contributed by atoms with Gasteiger partial charge in [0.2, 0.25) is 16.0 Å². The van der Waals surface area contributed by atoms with E-state index < -0.39 is 30.4 Å². The summed E-state index contributed by atoms with van der Waals surface area (Å²) < 4.78 is 75.5. The SMILES string of the molecule is O=S(=O)([O-])c1ccc(-c2nc(-c3ccccn3)nnc2-c2ccc(S(=O)(=O)O)o2)o1. The molecule has 30 heavy (non-hydrogen) atoms. The Morgan fingerprint density at radius 3 is 2.07 bits per heavy atom. The average molecular weight is 449 g/mol. The molecule has 4 rings (SSSR count). The molecule has 12 nitrogen and oxygen atoms in total. The minimum atomic E-state index is -4.87. The molecule has 0 amide bonds. The Labute approximate surface area is 168 Å². The lowest BCUT2D eigenvalue weighted by atomic mass is 10.2. The first kappa shape index (κ1) is 19.8. The first-order chi connectivity index (χ1) is 14.1. The van der Waals surface area contributed by atoms with Gasteiger partial charge in [-0.2, -0.15) is 8.42 Å². The lowest BCUT2D eigenvalue weighted by Crippen LogP contribution is -2.00. The molecule has 0 saturated heterocycles. The molecule has 154 valence electrons. The summed E-state index contributed by atoms with van der Waals surface area (Å²) in [6.07, 6.45) is 1.49. The van der Waals surface area contributed by atoms with Crippen molar-refractivity contribution in [1.82, 2.24) is 20.2 Å². The van der Waals surface area contributed by atoms with Gasteiger partial charge >= 0.3 is 10.1 Å². The highest BCUT2D eigenvalue weighted by Crippen LogP contribution is 2.33. The zero-order valence-electron chi connectivity index (χ0n) is 14.5. The van der Waals surface area contributed by atoms with E-state index in [-0.39, 0.29) is 28.7 Å². The van der Waals surface area contributed by atoms with E-state index in [2.05, 4.69) is 20.2 Å². The fraction of sp³-hybridized carbons (Fsp3) is 0. The maximum atomic E-state index is 11.3. The van der Waals surface area contributed by atoms with E-state index in [1.165, 1.54) is 18.3 Å². The first-order valence-electron chi connectivity index (χ1n) is 7.93. The highest BCUT2D eigenvalue weighted by Gasteiger charge is 2.23. The third kappa shape index (κ3) is 3.84. The number of aromatic nitrogens is 4. The predicted molar refractivity (Wildman–Crippen MR) is 96.2 cm³/mol. The van der Waals surface area contributed by atoms with Crippen LogP contribution in [0.3, 0.4) is 0 Å². The van der Waals surface area contributed by atoms with Crippen LogP contribution in [0.25, 0.3) is 34.4 Å². The second-order valence-electron chi connectivity index (χ2n) is 5.71. The van der Waals surface area contributed by atoms with Gasteiger partial charge in [0.25, 0.3) is 0 Å². The molecule has 0 aliphatic rings. The number of nitrogens with zero attached hydrogens (tertiary/aromatic N) is 4. The molecule has 0 aliphatic carbocycles. The summed E-state index contributed by atoms with van der Waals surface area (Å²) in [7, 11) is -9.50. The van der Waals surface area contributed by atoms with Gasteiger partial charge in [-0.25, -0.2) is 13.4 Å². The summed E-state index contributed by atoms with van der Waals surface area (Å²) in [5.41, 5.74) is 0.102. The van der Waals surface area contributed by atoms with Gasteiger partial charge in [-0.15, -0.1) is 10.2 Å². The van der Waals surface area contributed by atoms with Crippen molar-refractivity contribution in [3.8, 4) is 34.4 Å². The van der Waals surface area contributed by atoms with E-state index in [1.54, 1.807) is 18.2 Å². The van der Waals surface area contributed by atoms with E-state index in [0.717, 1.165) is 12.1 Å². The fourth-order valence-corrected chi connectivity index (χ4v) is 3.30. The minimum Gasteiger partial charge on any atom is -0.742 e. The van der Waals surface area contributed by atoms with E-state index in [1.807, 2.05) is 0 Å². The minimum absolute atomic E-state index is 0.0406. The van der Waals surface area contributed by atoms with Crippen molar-refractivity contribution in [3.05, 3.63) is 48.7 Å². The number of hydrogen-bond donors (Lipinski definition) is 1. The third-order valence-corrected chi connectivity index (χ3v) is 5.15. The maximum absolute atomic E-state index is 11.3. The summed E-state index contributed by atoms with van der Waals surface area (Å²) in [4.78, 5) is 8.35. The number of pyridine rings is 1. The number of hydrogen-bond acceptors (Lipinski definition) is 11. The van der Waals surface area contributed by atoms with Crippen molar-refractivity contribution in [2.75, 3.05) is 0 Å². The maximum Gasteiger partial charge on any atom is 0.328 e. The van der Waals surface area contributed by atoms with E-state index >= 15 is 0 Å². The van der Waals surface area contributed by atoms with Crippen LogP contribution in [-0.4, -0.2) is 46.1 Å². The van der Waals surface area contributed by atoms with Crippen molar-refractivity contribution in [2.24, 2.45) is 0 Å². The van der Waals surface area contributed by atoms with Gasteiger partial charge in [-0.1, -0.05) is 6.07 Å². The second kappa shape index (κ2) is 7.10. The van der Waals surface area contributed by atoms with Crippen LogP contribution in [0.1, 0.15) is 0 Å². The van der Waals surface area contributed by atoms with Crippen molar-refractivity contribution in [1.29, 1.82) is 0 Å². The van der Waals surface area contributed by atoms with Crippen LogP contribution in [0.2, 0.25) is 0 Å². The Hall–Kier alpha value is -3.46. The molecule has 0 aromatic carbocycles. The van der Waals surface area contributed by atoms with Crippen LogP contribution in [-0.2, 0) is 20.2 Å². The summed E-state index contributed by atoms with van der Waals surface area (Å²) in [6, 6.07) is 9.23. The molecular formula is C16H9N4O8S2-. The largest absolute Gasteiger partial charge is 0.742 e. The molecule has 0 bridgehead atoms. The molecule has 0 fully saturated rings. The molecule has 1 N–H and O–H groups in total. The molecule has 0 saturated carbocycles. The summed E-state index contributed by atoms with van der Waals surface area (Å²) in [6.45, 7) is 0. The molecule has 0 spiro atoms. The molecule has 0 radical (unpaired) electrons. The molecule has 0 unspecified atom stereocenters. The monoisotopic (exact) mass is 449 g/mol. The van der Waals surface area contributed by atoms with Crippen LogP contribution in [0.4, 0.5) is 0 Å². The van der Waals surface area contributed by atoms with E-state index in [0.29, 0.717) is 5.69 Å². The molecule has 4 aromatic heterocycles. The van der Waals surface area contributed by atoms with Crippen LogP contribution >= 0.6 is 0 Å². The third-order valence-electron chi connectivity index (χ3n) is 3.71. The molecule has 4 heterocycles. The standard InChI is InChI=1S/C16H10N4O8S2/c21-29(22,23)12-6-4-10(27-12)14-15(11-5-7-13(28-11)30(24,25)26)19-20-16(18-14)9-3-1-2-8-17-9/h1-8H,(H,21,22,23)(H,24,25,26)/p-1.